The second kappa shape index (κ2) is 5.85. The average Bonchev–Trinajstić information content (AvgIpc) is 3.00. The molecule has 0 saturated carbocycles. The van der Waals surface area contributed by atoms with Gasteiger partial charge in [-0.25, -0.2) is 4.98 Å². The fourth-order valence-corrected chi connectivity index (χ4v) is 2.38. The Morgan fingerprint density at radius 2 is 1.81 bits per heavy atom. The number of rotatable bonds is 3. The molecule has 6 heteroatoms. The third kappa shape index (κ3) is 2.78. The van der Waals surface area contributed by atoms with E-state index in [1.54, 1.807) is 6.07 Å². The summed E-state index contributed by atoms with van der Waals surface area (Å²) in [7, 11) is 0. The van der Waals surface area contributed by atoms with Gasteiger partial charge in [0.1, 0.15) is 0 Å². The number of benzene rings is 2. The molecule has 3 rings (SSSR count). The molecule has 0 bridgehead atoms. The molecule has 0 unspecified atom stereocenters. The largest absolute Gasteiger partial charge is 0.326 e. The highest BCUT2D eigenvalue weighted by Crippen LogP contribution is 2.32. The highest BCUT2D eigenvalue weighted by Gasteiger charge is 2.12. The van der Waals surface area contributed by atoms with E-state index in [-0.39, 0.29) is 0 Å². The number of aromatic nitrogens is 3. The van der Waals surface area contributed by atoms with Crippen molar-refractivity contribution < 1.29 is 0 Å². The van der Waals surface area contributed by atoms with Gasteiger partial charge >= 0.3 is 0 Å². The molecule has 3 aromatic rings. The van der Waals surface area contributed by atoms with Gasteiger partial charge in [-0.05, 0) is 17.7 Å². The number of nitrogens with zero attached hydrogens (tertiary/aromatic N) is 2. The topological polar surface area (TPSA) is 67.6 Å². The zero-order valence-electron chi connectivity index (χ0n) is 11.0. The zero-order chi connectivity index (χ0) is 14.8. The van der Waals surface area contributed by atoms with E-state index >= 15 is 0 Å². The molecule has 106 valence electrons. The molecule has 0 aliphatic heterocycles. The minimum Gasteiger partial charge on any atom is -0.326 e. The minimum absolute atomic E-state index is 0.459. The quantitative estimate of drug-likeness (QED) is 0.769. The van der Waals surface area contributed by atoms with Crippen molar-refractivity contribution in [1.29, 1.82) is 0 Å². The Labute approximate surface area is 131 Å². The second-order valence-electron chi connectivity index (χ2n) is 4.51. The molecule has 4 nitrogen and oxygen atoms in total. The Balaban J connectivity index is 1.97. The van der Waals surface area contributed by atoms with Crippen LogP contribution in [-0.4, -0.2) is 15.2 Å². The highest BCUT2D eigenvalue weighted by atomic mass is 35.5. The summed E-state index contributed by atoms with van der Waals surface area (Å²) >= 11 is 12.2. The van der Waals surface area contributed by atoms with Gasteiger partial charge in [-0.3, -0.25) is 5.10 Å². The van der Waals surface area contributed by atoms with Gasteiger partial charge in [0.05, 0.1) is 10.0 Å². The van der Waals surface area contributed by atoms with Crippen LogP contribution in [-0.2, 0) is 6.54 Å². The van der Waals surface area contributed by atoms with Gasteiger partial charge in [0.25, 0.3) is 0 Å². The maximum Gasteiger partial charge on any atom is 0.181 e. The minimum atomic E-state index is 0.459. The van der Waals surface area contributed by atoms with Crippen LogP contribution < -0.4 is 5.73 Å². The number of H-pyrrole nitrogens is 1. The van der Waals surface area contributed by atoms with Gasteiger partial charge in [-0.2, -0.15) is 5.10 Å². The van der Waals surface area contributed by atoms with Crippen LogP contribution in [0.5, 0.6) is 0 Å². The van der Waals surface area contributed by atoms with Gasteiger partial charge in [-0.1, -0.05) is 53.5 Å². The second-order valence-corrected chi connectivity index (χ2v) is 5.30. The Kier molecular flexibility index (Phi) is 3.92. The van der Waals surface area contributed by atoms with Gasteiger partial charge in [0.2, 0.25) is 0 Å². The Morgan fingerprint density at radius 3 is 2.52 bits per heavy atom. The standard InChI is InChI=1S/C15H12Cl2N4/c16-12-3-1-2-11(13(12)17)15-19-14(20-21-15)10-6-4-9(8-18)5-7-10/h1-7H,8,18H2,(H,19,20,21). The molecule has 21 heavy (non-hydrogen) atoms. The Bertz CT molecular complexity index is 766. The van der Waals surface area contributed by atoms with Gasteiger partial charge < -0.3 is 5.73 Å². The van der Waals surface area contributed by atoms with Crippen LogP contribution in [0.2, 0.25) is 10.0 Å². The first-order valence-electron chi connectivity index (χ1n) is 6.35. The van der Waals surface area contributed by atoms with Gasteiger partial charge in [0, 0.05) is 17.7 Å². The molecule has 1 heterocycles. The normalized spacial score (nSPS) is 10.8. The van der Waals surface area contributed by atoms with Crippen LogP contribution in [0.1, 0.15) is 5.56 Å². The lowest BCUT2D eigenvalue weighted by atomic mass is 10.1. The summed E-state index contributed by atoms with van der Waals surface area (Å²) in [6, 6.07) is 13.2. The Hall–Kier alpha value is -1.88. The molecule has 3 N–H and O–H groups in total. The van der Waals surface area contributed by atoms with E-state index in [4.69, 9.17) is 28.9 Å². The lowest BCUT2D eigenvalue weighted by Gasteiger charge is -2.01. The summed E-state index contributed by atoms with van der Waals surface area (Å²) in [6.07, 6.45) is 0. The maximum absolute atomic E-state index is 6.19. The number of hydrogen-bond acceptors (Lipinski definition) is 3. The first-order valence-corrected chi connectivity index (χ1v) is 7.11. The van der Waals surface area contributed by atoms with Crippen LogP contribution in [0.25, 0.3) is 22.8 Å². The first-order chi connectivity index (χ1) is 10.2. The number of nitrogens with two attached hydrogens (primary N) is 1. The third-order valence-electron chi connectivity index (χ3n) is 3.14. The maximum atomic E-state index is 6.19. The molecule has 1 aromatic heterocycles. The van der Waals surface area contributed by atoms with Crippen LogP contribution in [0.4, 0.5) is 0 Å². The van der Waals surface area contributed by atoms with E-state index in [1.165, 1.54) is 0 Å². The highest BCUT2D eigenvalue weighted by molar-refractivity contribution is 6.43. The van der Waals surface area contributed by atoms with Crippen molar-refractivity contribution in [3.05, 3.63) is 58.1 Å². The zero-order valence-corrected chi connectivity index (χ0v) is 12.5. The average molecular weight is 319 g/mol. The summed E-state index contributed by atoms with van der Waals surface area (Å²) in [5.74, 6) is 1.19. The Morgan fingerprint density at radius 1 is 1.05 bits per heavy atom. The van der Waals surface area contributed by atoms with Crippen LogP contribution in [0.3, 0.4) is 0 Å². The number of hydrogen-bond donors (Lipinski definition) is 2. The lowest BCUT2D eigenvalue weighted by molar-refractivity contribution is 1.07. The summed E-state index contributed by atoms with van der Waals surface area (Å²) in [6.45, 7) is 0.512. The molecule has 0 atom stereocenters. The van der Waals surface area contributed by atoms with E-state index in [0.717, 1.165) is 16.7 Å². The smallest absolute Gasteiger partial charge is 0.181 e. The van der Waals surface area contributed by atoms with E-state index in [0.29, 0.717) is 28.2 Å². The monoisotopic (exact) mass is 318 g/mol. The summed E-state index contributed by atoms with van der Waals surface area (Å²) in [5.41, 5.74) is 8.28. The molecule has 0 fully saturated rings. The van der Waals surface area contributed by atoms with Crippen molar-refractivity contribution in [3.8, 4) is 22.8 Å². The fourth-order valence-electron chi connectivity index (χ4n) is 1.99. The molecule has 0 amide bonds. The molecule has 2 aromatic carbocycles. The van der Waals surface area contributed by atoms with Crippen molar-refractivity contribution in [2.75, 3.05) is 0 Å². The fraction of sp³-hybridized carbons (Fsp3) is 0.0667. The molecule has 0 radical (unpaired) electrons. The van der Waals surface area contributed by atoms with Crippen LogP contribution >= 0.6 is 23.2 Å². The molecular weight excluding hydrogens is 307 g/mol. The van der Waals surface area contributed by atoms with E-state index in [9.17, 15) is 0 Å². The van der Waals surface area contributed by atoms with Crippen molar-refractivity contribution in [2.24, 2.45) is 5.73 Å². The SMILES string of the molecule is NCc1ccc(-c2n[nH]c(-c3cccc(Cl)c3Cl)n2)cc1. The third-order valence-corrected chi connectivity index (χ3v) is 3.96. The summed E-state index contributed by atoms with van der Waals surface area (Å²) in [5, 5.41) is 8.05. The lowest BCUT2D eigenvalue weighted by Crippen LogP contribution is -1.95. The molecule has 0 saturated heterocycles. The van der Waals surface area contributed by atoms with Crippen molar-refractivity contribution >= 4 is 23.2 Å². The summed E-state index contributed by atoms with van der Waals surface area (Å²) in [4.78, 5) is 4.47. The van der Waals surface area contributed by atoms with E-state index < -0.39 is 0 Å². The number of halogens is 2. The molecule has 0 spiro atoms. The number of aromatic amines is 1. The first kappa shape index (κ1) is 14.1. The molecule has 0 aliphatic carbocycles. The summed E-state index contributed by atoms with van der Waals surface area (Å²) < 4.78 is 0. The van der Waals surface area contributed by atoms with Crippen molar-refractivity contribution in [3.63, 3.8) is 0 Å². The predicted molar refractivity (Wildman–Crippen MR) is 85.2 cm³/mol. The molecular formula is C15H12Cl2N4. The predicted octanol–water partition coefficient (Wildman–Crippen LogP) is 3.90. The van der Waals surface area contributed by atoms with Gasteiger partial charge in [-0.15, -0.1) is 0 Å². The van der Waals surface area contributed by atoms with Crippen molar-refractivity contribution in [2.45, 2.75) is 6.54 Å². The molecule has 0 aliphatic rings. The van der Waals surface area contributed by atoms with E-state index in [2.05, 4.69) is 15.2 Å². The van der Waals surface area contributed by atoms with E-state index in [1.807, 2.05) is 36.4 Å². The number of nitrogens with one attached hydrogen (secondary N) is 1. The van der Waals surface area contributed by atoms with Crippen LogP contribution in [0, 0.1) is 0 Å². The van der Waals surface area contributed by atoms with Crippen LogP contribution in [0.15, 0.2) is 42.5 Å². The van der Waals surface area contributed by atoms with Gasteiger partial charge in [0.15, 0.2) is 11.6 Å². The van der Waals surface area contributed by atoms with Crippen molar-refractivity contribution in [1.82, 2.24) is 15.2 Å².